The van der Waals surface area contributed by atoms with Crippen LogP contribution in [0.1, 0.15) is 12.8 Å². The van der Waals surface area contributed by atoms with Gasteiger partial charge in [-0.05, 0) is 47.9 Å². The Morgan fingerprint density at radius 3 is 2.87 bits per heavy atom. The van der Waals surface area contributed by atoms with Crippen molar-refractivity contribution in [3.8, 4) is 11.5 Å². The lowest BCUT2D eigenvalue weighted by atomic mass is 10.1. The summed E-state index contributed by atoms with van der Waals surface area (Å²) in [5.41, 5.74) is 0.998. The van der Waals surface area contributed by atoms with E-state index in [1.54, 1.807) is 11.3 Å². The van der Waals surface area contributed by atoms with Gasteiger partial charge in [-0.2, -0.15) is 0 Å². The van der Waals surface area contributed by atoms with E-state index in [1.807, 2.05) is 0 Å². The molecule has 118 valence electrons. The Kier molecular flexibility index (Phi) is 3.12. The monoisotopic (exact) mass is 326 g/mol. The summed E-state index contributed by atoms with van der Waals surface area (Å²) in [7, 11) is 0. The third kappa shape index (κ3) is 2.33. The van der Waals surface area contributed by atoms with Crippen LogP contribution in [0.3, 0.4) is 0 Å². The summed E-state index contributed by atoms with van der Waals surface area (Å²) >= 11 is 1.75. The number of hydrogen-bond acceptors (Lipinski definition) is 6. The summed E-state index contributed by atoms with van der Waals surface area (Å²) in [6.45, 7) is 4.46. The van der Waals surface area contributed by atoms with E-state index in [9.17, 15) is 0 Å². The summed E-state index contributed by atoms with van der Waals surface area (Å²) in [5.74, 6) is 0.618. The number of piperidine rings is 1. The molecule has 23 heavy (non-hydrogen) atoms. The molecular formula is C17H18N4OS. The van der Waals surface area contributed by atoms with Crippen molar-refractivity contribution in [1.82, 2.24) is 15.1 Å². The maximum Gasteiger partial charge on any atom is 0.318 e. The van der Waals surface area contributed by atoms with Gasteiger partial charge in [0.2, 0.25) is 5.89 Å². The Bertz CT molecular complexity index is 834. The molecule has 3 aliphatic heterocycles. The van der Waals surface area contributed by atoms with E-state index in [0.717, 1.165) is 18.7 Å². The first kappa shape index (κ1) is 13.5. The molecule has 0 N–H and O–H groups in total. The summed E-state index contributed by atoms with van der Waals surface area (Å²) in [4.78, 5) is 4.84. The van der Waals surface area contributed by atoms with Crippen LogP contribution in [0, 0.1) is 0 Å². The van der Waals surface area contributed by atoms with E-state index >= 15 is 0 Å². The minimum absolute atomic E-state index is 0.543. The topological polar surface area (TPSA) is 45.4 Å². The number of benzene rings is 1. The highest BCUT2D eigenvalue weighted by Gasteiger charge is 2.31. The van der Waals surface area contributed by atoms with Crippen molar-refractivity contribution in [2.75, 3.05) is 31.1 Å². The van der Waals surface area contributed by atoms with Crippen molar-refractivity contribution >= 4 is 27.4 Å². The Balaban J connectivity index is 1.47. The van der Waals surface area contributed by atoms with E-state index in [4.69, 9.17) is 4.42 Å². The molecule has 6 heteroatoms. The minimum Gasteiger partial charge on any atom is -0.403 e. The molecule has 0 aliphatic carbocycles. The van der Waals surface area contributed by atoms with Crippen LogP contribution in [0.25, 0.3) is 21.5 Å². The van der Waals surface area contributed by atoms with Crippen LogP contribution in [0.15, 0.2) is 34.1 Å². The Morgan fingerprint density at radius 1 is 1.04 bits per heavy atom. The van der Waals surface area contributed by atoms with Crippen molar-refractivity contribution in [3.63, 3.8) is 0 Å². The SMILES string of the molecule is c1cc2cc(-c3nnc(N4CCN5CCC4CC5)o3)ccc2s1. The maximum atomic E-state index is 6.03. The molecule has 3 saturated heterocycles. The Hall–Kier alpha value is -1.92. The van der Waals surface area contributed by atoms with Crippen LogP contribution in [-0.2, 0) is 0 Å². The number of rotatable bonds is 2. The molecule has 5 nitrogen and oxygen atoms in total. The van der Waals surface area contributed by atoms with E-state index in [2.05, 4.69) is 49.6 Å². The highest BCUT2D eigenvalue weighted by molar-refractivity contribution is 7.17. The third-order valence-electron chi connectivity index (χ3n) is 5.01. The van der Waals surface area contributed by atoms with Gasteiger partial charge in [0.1, 0.15) is 0 Å². The fourth-order valence-electron chi connectivity index (χ4n) is 3.69. The molecule has 3 fully saturated rings. The number of nitrogens with zero attached hydrogens (tertiary/aromatic N) is 4. The molecular weight excluding hydrogens is 308 g/mol. The van der Waals surface area contributed by atoms with Gasteiger partial charge in [0, 0.05) is 42.5 Å². The molecule has 0 spiro atoms. The average Bonchev–Trinajstić information content (AvgIpc) is 3.17. The van der Waals surface area contributed by atoms with Crippen LogP contribution >= 0.6 is 11.3 Å². The second-order valence-electron chi connectivity index (χ2n) is 6.33. The first-order valence-electron chi connectivity index (χ1n) is 8.17. The van der Waals surface area contributed by atoms with Gasteiger partial charge in [0.25, 0.3) is 0 Å². The largest absolute Gasteiger partial charge is 0.403 e. The standard InChI is InChI=1S/C17H18N4OS/c1-2-15-12(5-10-23-15)11-13(1)16-18-19-17(22-16)21-9-8-20-6-3-14(21)4-7-20/h1-2,5,10-11,14H,3-4,6-9H2. The van der Waals surface area contributed by atoms with Crippen LogP contribution in [0.5, 0.6) is 0 Å². The lowest BCUT2D eigenvalue weighted by Gasteiger charge is -2.29. The quantitative estimate of drug-likeness (QED) is 0.723. The van der Waals surface area contributed by atoms with Gasteiger partial charge < -0.3 is 14.2 Å². The number of hydrogen-bond donors (Lipinski definition) is 0. The Labute approximate surface area is 138 Å². The van der Waals surface area contributed by atoms with Gasteiger partial charge in [-0.25, -0.2) is 0 Å². The summed E-state index contributed by atoms with van der Waals surface area (Å²) in [6, 6.07) is 9.67. The van der Waals surface area contributed by atoms with Gasteiger partial charge in [-0.15, -0.1) is 16.4 Å². The van der Waals surface area contributed by atoms with Gasteiger partial charge in [-0.1, -0.05) is 5.10 Å². The number of anilines is 1. The molecule has 0 unspecified atom stereocenters. The highest BCUT2D eigenvalue weighted by Crippen LogP contribution is 2.30. The fraction of sp³-hybridized carbons (Fsp3) is 0.412. The predicted molar refractivity (Wildman–Crippen MR) is 91.9 cm³/mol. The zero-order chi connectivity index (χ0) is 15.2. The molecule has 2 bridgehead atoms. The molecule has 0 atom stereocenters. The number of fused-ring (bicyclic) bond motifs is 5. The van der Waals surface area contributed by atoms with Crippen molar-refractivity contribution < 1.29 is 4.42 Å². The lowest BCUT2D eigenvalue weighted by molar-refractivity contribution is 0.249. The van der Waals surface area contributed by atoms with E-state index in [0.29, 0.717) is 17.9 Å². The second kappa shape index (κ2) is 5.32. The zero-order valence-electron chi connectivity index (χ0n) is 12.8. The molecule has 5 heterocycles. The summed E-state index contributed by atoms with van der Waals surface area (Å²) in [5, 5.41) is 12.0. The van der Waals surface area contributed by atoms with Crippen LogP contribution in [0.2, 0.25) is 0 Å². The fourth-order valence-corrected chi connectivity index (χ4v) is 4.46. The van der Waals surface area contributed by atoms with Gasteiger partial charge in [0.15, 0.2) is 0 Å². The van der Waals surface area contributed by atoms with E-state index in [1.165, 1.54) is 36.0 Å². The van der Waals surface area contributed by atoms with Crippen molar-refractivity contribution in [1.29, 1.82) is 0 Å². The highest BCUT2D eigenvalue weighted by atomic mass is 32.1. The molecule has 2 aromatic heterocycles. The number of aromatic nitrogens is 2. The van der Waals surface area contributed by atoms with E-state index < -0.39 is 0 Å². The molecule has 0 amide bonds. The molecule has 0 radical (unpaired) electrons. The average molecular weight is 326 g/mol. The lowest BCUT2D eigenvalue weighted by Crippen LogP contribution is -2.38. The van der Waals surface area contributed by atoms with Crippen molar-refractivity contribution in [3.05, 3.63) is 29.6 Å². The minimum atomic E-state index is 0.543. The number of thiophene rings is 1. The Morgan fingerprint density at radius 2 is 1.96 bits per heavy atom. The van der Waals surface area contributed by atoms with Gasteiger partial charge in [-0.3, -0.25) is 0 Å². The first-order chi connectivity index (χ1) is 11.4. The normalized spacial score (nSPS) is 24.3. The molecule has 3 aromatic rings. The third-order valence-corrected chi connectivity index (χ3v) is 5.91. The maximum absolute atomic E-state index is 6.03. The first-order valence-corrected chi connectivity index (χ1v) is 9.05. The molecule has 6 rings (SSSR count). The molecule has 0 saturated carbocycles. The van der Waals surface area contributed by atoms with Crippen molar-refractivity contribution in [2.24, 2.45) is 0 Å². The van der Waals surface area contributed by atoms with Crippen LogP contribution in [0.4, 0.5) is 6.01 Å². The predicted octanol–water partition coefficient (Wildman–Crippen LogP) is 3.24. The van der Waals surface area contributed by atoms with Crippen LogP contribution < -0.4 is 4.90 Å². The molecule has 1 aromatic carbocycles. The molecule has 3 aliphatic rings. The van der Waals surface area contributed by atoms with Gasteiger partial charge >= 0.3 is 6.01 Å². The van der Waals surface area contributed by atoms with Crippen LogP contribution in [-0.4, -0.2) is 47.3 Å². The summed E-state index contributed by atoms with van der Waals surface area (Å²) < 4.78 is 7.31. The zero-order valence-corrected chi connectivity index (χ0v) is 13.6. The second-order valence-corrected chi connectivity index (χ2v) is 7.28. The van der Waals surface area contributed by atoms with Crippen molar-refractivity contribution in [2.45, 2.75) is 18.9 Å². The van der Waals surface area contributed by atoms with Gasteiger partial charge in [0.05, 0.1) is 0 Å². The van der Waals surface area contributed by atoms with E-state index in [-0.39, 0.29) is 0 Å². The smallest absolute Gasteiger partial charge is 0.318 e. The summed E-state index contributed by atoms with van der Waals surface area (Å²) in [6.07, 6.45) is 2.39.